The van der Waals surface area contributed by atoms with Gasteiger partial charge in [-0.05, 0) is 17.5 Å². The summed E-state index contributed by atoms with van der Waals surface area (Å²) in [6, 6.07) is 6.37. The number of hydrogen-bond acceptors (Lipinski definition) is 3. The van der Waals surface area contributed by atoms with Crippen LogP contribution in [0.2, 0.25) is 0 Å². The van der Waals surface area contributed by atoms with Crippen LogP contribution in [0.15, 0.2) is 24.4 Å². The molecule has 0 unspecified atom stereocenters. The number of benzene rings is 1. The molecule has 0 aliphatic carbocycles. The van der Waals surface area contributed by atoms with Gasteiger partial charge in [-0.15, -0.1) is 10.2 Å². The van der Waals surface area contributed by atoms with E-state index in [1.165, 1.54) is 22.0 Å². The Labute approximate surface area is 98.2 Å². The number of fused-ring (bicyclic) bond motifs is 1. The molecular weight excluding hydrogens is 214 g/mol. The van der Waals surface area contributed by atoms with Gasteiger partial charge in [-0.1, -0.05) is 30.3 Å². The number of aryl methyl sites for hydroxylation is 1. The molecule has 2 heterocycles. The van der Waals surface area contributed by atoms with Gasteiger partial charge < -0.3 is 4.98 Å². The third-order valence-corrected chi connectivity index (χ3v) is 3.01. The number of para-hydroxylation sites is 1. The fourth-order valence-corrected chi connectivity index (χ4v) is 2.14. The molecule has 0 aliphatic rings. The van der Waals surface area contributed by atoms with E-state index in [0.717, 1.165) is 6.42 Å². The maximum atomic E-state index is 3.98. The summed E-state index contributed by atoms with van der Waals surface area (Å²) in [6.07, 6.45) is 3.75. The van der Waals surface area contributed by atoms with Crippen LogP contribution < -0.4 is 0 Å². The van der Waals surface area contributed by atoms with E-state index in [0.29, 0.717) is 12.2 Å². The summed E-state index contributed by atoms with van der Waals surface area (Å²) >= 11 is 0. The molecule has 0 amide bonds. The van der Waals surface area contributed by atoms with Crippen molar-refractivity contribution < 1.29 is 0 Å². The summed E-state index contributed by atoms with van der Waals surface area (Å²) in [5.74, 6) is 0.716. The van der Waals surface area contributed by atoms with Crippen LogP contribution in [-0.4, -0.2) is 25.6 Å². The zero-order valence-electron chi connectivity index (χ0n) is 9.57. The van der Waals surface area contributed by atoms with Gasteiger partial charge >= 0.3 is 0 Å². The second kappa shape index (κ2) is 4.01. The minimum absolute atomic E-state index is 0.698. The average Bonchev–Trinajstić information content (AvgIpc) is 2.99. The van der Waals surface area contributed by atoms with E-state index < -0.39 is 0 Å². The zero-order valence-corrected chi connectivity index (χ0v) is 9.57. The molecule has 5 nitrogen and oxygen atoms in total. The Kier molecular flexibility index (Phi) is 2.36. The monoisotopic (exact) mass is 227 g/mol. The van der Waals surface area contributed by atoms with Crippen molar-refractivity contribution in [3.8, 4) is 0 Å². The molecule has 3 aromatic rings. The zero-order chi connectivity index (χ0) is 11.7. The van der Waals surface area contributed by atoms with Crippen LogP contribution in [0.4, 0.5) is 0 Å². The van der Waals surface area contributed by atoms with Crippen LogP contribution in [0.3, 0.4) is 0 Å². The molecule has 1 aromatic carbocycles. The number of H-pyrrole nitrogens is 2. The summed E-state index contributed by atoms with van der Waals surface area (Å²) in [6.45, 7) is 2.16. The van der Waals surface area contributed by atoms with Crippen LogP contribution in [0.25, 0.3) is 10.9 Å². The first kappa shape index (κ1) is 10.0. The Morgan fingerprint density at radius 1 is 1.24 bits per heavy atom. The lowest BCUT2D eigenvalue weighted by atomic mass is 10.1. The highest BCUT2D eigenvalue weighted by molar-refractivity contribution is 5.86. The molecule has 0 fully saturated rings. The summed E-state index contributed by atoms with van der Waals surface area (Å²) in [5, 5.41) is 15.2. The summed E-state index contributed by atoms with van der Waals surface area (Å²) in [4.78, 5) is 3.33. The first-order chi connectivity index (χ1) is 8.38. The maximum absolute atomic E-state index is 3.98. The Morgan fingerprint density at radius 2 is 2.18 bits per heavy atom. The van der Waals surface area contributed by atoms with Crippen molar-refractivity contribution in [2.75, 3.05) is 0 Å². The van der Waals surface area contributed by atoms with E-state index in [2.05, 4.69) is 50.7 Å². The van der Waals surface area contributed by atoms with Gasteiger partial charge in [0.15, 0.2) is 5.82 Å². The average molecular weight is 227 g/mol. The number of aromatic amines is 2. The molecule has 86 valence electrons. The van der Waals surface area contributed by atoms with Gasteiger partial charge in [0.1, 0.15) is 0 Å². The molecule has 5 heteroatoms. The van der Waals surface area contributed by atoms with E-state index in [-0.39, 0.29) is 0 Å². The Hall–Kier alpha value is -2.17. The molecule has 0 atom stereocenters. The lowest BCUT2D eigenvalue weighted by Gasteiger charge is -1.99. The lowest BCUT2D eigenvalue weighted by molar-refractivity contribution is 0.881. The molecular formula is C12H13N5. The molecule has 0 saturated carbocycles. The van der Waals surface area contributed by atoms with Crippen LogP contribution in [0, 0.1) is 0 Å². The topological polar surface area (TPSA) is 70.2 Å². The van der Waals surface area contributed by atoms with Gasteiger partial charge in [0.2, 0.25) is 0 Å². The highest BCUT2D eigenvalue weighted by Crippen LogP contribution is 2.23. The van der Waals surface area contributed by atoms with E-state index in [9.17, 15) is 0 Å². The van der Waals surface area contributed by atoms with Crippen molar-refractivity contribution in [2.45, 2.75) is 19.8 Å². The number of tetrazole rings is 1. The van der Waals surface area contributed by atoms with Crippen molar-refractivity contribution in [3.63, 3.8) is 0 Å². The second-order valence-corrected chi connectivity index (χ2v) is 4.01. The fraction of sp³-hybridized carbons (Fsp3) is 0.250. The normalized spacial score (nSPS) is 11.1. The second-order valence-electron chi connectivity index (χ2n) is 4.01. The molecule has 17 heavy (non-hydrogen) atoms. The van der Waals surface area contributed by atoms with Gasteiger partial charge in [0.25, 0.3) is 0 Å². The molecule has 3 rings (SSSR count). The van der Waals surface area contributed by atoms with Crippen molar-refractivity contribution in [1.82, 2.24) is 25.6 Å². The predicted octanol–water partition coefficient (Wildman–Crippen LogP) is 1.83. The SMILES string of the molecule is CCc1cccc2c(Cc3nn[nH]n3)c[nH]c12. The lowest BCUT2D eigenvalue weighted by Crippen LogP contribution is -1.90. The predicted molar refractivity (Wildman–Crippen MR) is 64.7 cm³/mol. The number of hydrogen-bond donors (Lipinski definition) is 2. The summed E-state index contributed by atoms with van der Waals surface area (Å²) < 4.78 is 0. The summed E-state index contributed by atoms with van der Waals surface area (Å²) in [7, 11) is 0. The minimum atomic E-state index is 0.698. The van der Waals surface area contributed by atoms with Crippen LogP contribution in [-0.2, 0) is 12.8 Å². The smallest absolute Gasteiger partial charge is 0.178 e. The molecule has 0 saturated heterocycles. The van der Waals surface area contributed by atoms with Gasteiger partial charge in [-0.2, -0.15) is 5.21 Å². The Bertz CT molecular complexity index is 623. The van der Waals surface area contributed by atoms with Gasteiger partial charge in [0, 0.05) is 23.5 Å². The van der Waals surface area contributed by atoms with Crippen molar-refractivity contribution >= 4 is 10.9 Å². The standard InChI is InChI=1S/C12H13N5/c1-2-8-4-3-5-10-9(7-13-12(8)10)6-11-14-16-17-15-11/h3-5,7,13H,2,6H2,1H3,(H,14,15,16,17). The maximum Gasteiger partial charge on any atom is 0.178 e. The van der Waals surface area contributed by atoms with Gasteiger partial charge in [0.05, 0.1) is 0 Å². The Balaban J connectivity index is 2.06. The molecule has 0 spiro atoms. The number of nitrogens with one attached hydrogen (secondary N) is 2. The molecule has 2 N–H and O–H groups in total. The van der Waals surface area contributed by atoms with E-state index in [1.54, 1.807) is 0 Å². The highest BCUT2D eigenvalue weighted by atomic mass is 15.5. The molecule has 2 aromatic heterocycles. The third kappa shape index (κ3) is 1.69. The summed E-state index contributed by atoms with van der Waals surface area (Å²) in [5.41, 5.74) is 3.76. The van der Waals surface area contributed by atoms with Gasteiger partial charge in [-0.3, -0.25) is 0 Å². The minimum Gasteiger partial charge on any atom is -0.361 e. The quantitative estimate of drug-likeness (QED) is 0.717. The highest BCUT2D eigenvalue weighted by Gasteiger charge is 2.08. The third-order valence-electron chi connectivity index (χ3n) is 3.01. The number of aromatic nitrogens is 5. The first-order valence-electron chi connectivity index (χ1n) is 5.68. The first-order valence-corrected chi connectivity index (χ1v) is 5.68. The molecule has 0 bridgehead atoms. The Morgan fingerprint density at radius 3 is 2.94 bits per heavy atom. The van der Waals surface area contributed by atoms with Crippen molar-refractivity contribution in [2.24, 2.45) is 0 Å². The van der Waals surface area contributed by atoms with E-state index >= 15 is 0 Å². The van der Waals surface area contributed by atoms with Crippen LogP contribution in [0.5, 0.6) is 0 Å². The largest absolute Gasteiger partial charge is 0.361 e. The van der Waals surface area contributed by atoms with Crippen LogP contribution in [0.1, 0.15) is 23.9 Å². The number of nitrogens with zero attached hydrogens (tertiary/aromatic N) is 3. The van der Waals surface area contributed by atoms with E-state index in [1.807, 2.05) is 6.20 Å². The molecule has 0 radical (unpaired) electrons. The van der Waals surface area contributed by atoms with Crippen LogP contribution >= 0.6 is 0 Å². The van der Waals surface area contributed by atoms with Crippen molar-refractivity contribution in [1.29, 1.82) is 0 Å². The molecule has 0 aliphatic heterocycles. The fourth-order valence-electron chi connectivity index (χ4n) is 2.14. The number of rotatable bonds is 3. The van der Waals surface area contributed by atoms with Crippen molar-refractivity contribution in [3.05, 3.63) is 41.3 Å². The van der Waals surface area contributed by atoms with E-state index in [4.69, 9.17) is 0 Å². The van der Waals surface area contributed by atoms with Gasteiger partial charge in [-0.25, -0.2) is 0 Å².